The van der Waals surface area contributed by atoms with Crippen molar-refractivity contribution in [2.75, 3.05) is 13.7 Å². The molecule has 1 aromatic heterocycles. The number of aliphatic hydroxyl groups is 1. The van der Waals surface area contributed by atoms with E-state index in [-0.39, 0.29) is 19.2 Å². The van der Waals surface area contributed by atoms with Crippen molar-refractivity contribution in [2.24, 2.45) is 0 Å². The Morgan fingerprint density at radius 2 is 2.00 bits per heavy atom. The zero-order chi connectivity index (χ0) is 18.1. The molecule has 1 N–H and O–H groups in total. The van der Waals surface area contributed by atoms with Gasteiger partial charge in [-0.3, -0.25) is 9.78 Å². The number of ether oxygens (including phenoxy) is 3. The topological polar surface area (TPSA) is 77.9 Å². The minimum atomic E-state index is -0.385. The molecule has 0 atom stereocenters. The number of esters is 1. The van der Waals surface area contributed by atoms with E-state index in [0.717, 1.165) is 11.3 Å². The average molecular weight is 341 g/mol. The van der Waals surface area contributed by atoms with E-state index >= 15 is 0 Å². The Labute approximate surface area is 146 Å². The van der Waals surface area contributed by atoms with Crippen LogP contribution in [0.4, 0.5) is 0 Å². The number of aromatic nitrogens is 1. The number of carbonyl (C=O) groups excluding carboxylic acids is 1. The van der Waals surface area contributed by atoms with Crippen molar-refractivity contribution in [2.45, 2.75) is 20.1 Å². The molecule has 0 aliphatic carbocycles. The van der Waals surface area contributed by atoms with Gasteiger partial charge in [0.2, 0.25) is 0 Å². The van der Waals surface area contributed by atoms with Gasteiger partial charge < -0.3 is 19.3 Å². The van der Waals surface area contributed by atoms with Crippen LogP contribution in [-0.2, 0) is 22.7 Å². The molecule has 25 heavy (non-hydrogen) atoms. The molecule has 0 bridgehead atoms. The molecule has 6 heteroatoms. The molecule has 1 aromatic carbocycles. The fourth-order valence-corrected chi connectivity index (χ4v) is 1.97. The predicted octanol–water partition coefficient (Wildman–Crippen LogP) is 2.08. The van der Waals surface area contributed by atoms with Gasteiger partial charge in [0.05, 0.1) is 24.6 Å². The van der Waals surface area contributed by atoms with E-state index < -0.39 is 0 Å². The van der Waals surface area contributed by atoms with Gasteiger partial charge >= 0.3 is 5.97 Å². The number of aliphatic hydroxyl groups excluding tert-OH is 1. The highest BCUT2D eigenvalue weighted by molar-refractivity contribution is 5.65. The van der Waals surface area contributed by atoms with E-state index in [4.69, 9.17) is 19.3 Å². The second-order valence-corrected chi connectivity index (χ2v) is 5.05. The molecule has 2 aromatic rings. The van der Waals surface area contributed by atoms with Crippen molar-refractivity contribution in [3.8, 4) is 23.3 Å². The van der Waals surface area contributed by atoms with Gasteiger partial charge in [-0.25, -0.2) is 0 Å². The minimum Gasteiger partial charge on any atom is -0.497 e. The minimum absolute atomic E-state index is 0.0574. The van der Waals surface area contributed by atoms with Crippen molar-refractivity contribution in [3.05, 3.63) is 53.3 Å². The zero-order valence-electron chi connectivity index (χ0n) is 14.1. The molecular formula is C19H19NO5. The second kappa shape index (κ2) is 9.30. The van der Waals surface area contributed by atoms with Crippen molar-refractivity contribution < 1.29 is 24.1 Å². The quantitative estimate of drug-likeness (QED) is 0.640. The zero-order valence-corrected chi connectivity index (χ0v) is 14.1. The van der Waals surface area contributed by atoms with Crippen LogP contribution in [0.3, 0.4) is 0 Å². The molecule has 6 nitrogen and oxygen atoms in total. The Balaban J connectivity index is 2.12. The third kappa shape index (κ3) is 5.83. The molecule has 0 fully saturated rings. The molecule has 0 saturated heterocycles. The summed E-state index contributed by atoms with van der Waals surface area (Å²) in [6.45, 7) is 1.46. The summed E-state index contributed by atoms with van der Waals surface area (Å²) in [5.74, 6) is 6.28. The molecule has 1 heterocycles. The molecular weight excluding hydrogens is 322 g/mol. The lowest BCUT2D eigenvalue weighted by Gasteiger charge is -2.10. The molecule has 0 radical (unpaired) electrons. The van der Waals surface area contributed by atoms with E-state index in [9.17, 15) is 4.79 Å². The fraction of sp³-hybridized carbons (Fsp3) is 0.263. The smallest absolute Gasteiger partial charge is 0.303 e. The molecule has 0 spiro atoms. The first-order chi connectivity index (χ1) is 12.1. The van der Waals surface area contributed by atoms with E-state index in [1.54, 1.807) is 13.2 Å². The van der Waals surface area contributed by atoms with Gasteiger partial charge in [0.1, 0.15) is 25.6 Å². The molecule has 2 rings (SSSR count). The summed E-state index contributed by atoms with van der Waals surface area (Å²) in [5, 5.41) is 8.91. The summed E-state index contributed by atoms with van der Waals surface area (Å²) in [5.41, 5.74) is 2.08. The van der Waals surface area contributed by atoms with Crippen LogP contribution in [0.1, 0.15) is 23.7 Å². The summed E-state index contributed by atoms with van der Waals surface area (Å²) >= 11 is 0. The Kier molecular flexibility index (Phi) is 6.81. The van der Waals surface area contributed by atoms with E-state index in [1.807, 2.05) is 24.3 Å². The number of nitrogens with zero attached hydrogens (tertiary/aromatic N) is 1. The lowest BCUT2D eigenvalue weighted by atomic mass is 10.2. The Morgan fingerprint density at radius 1 is 1.24 bits per heavy atom. The van der Waals surface area contributed by atoms with Crippen LogP contribution >= 0.6 is 0 Å². The first kappa shape index (κ1) is 18.3. The van der Waals surface area contributed by atoms with Gasteiger partial charge in [0.15, 0.2) is 5.75 Å². The number of carbonyl (C=O) groups is 1. The SMILES string of the molecule is COc1ccc(COc2cnc(COC(C)=O)cc2C#CCO)cc1. The first-order valence-electron chi connectivity index (χ1n) is 7.60. The maximum Gasteiger partial charge on any atom is 0.303 e. The van der Waals surface area contributed by atoms with Crippen molar-refractivity contribution in [1.82, 2.24) is 4.98 Å². The number of methoxy groups -OCH3 is 1. The van der Waals surface area contributed by atoms with Gasteiger partial charge in [0, 0.05) is 6.92 Å². The van der Waals surface area contributed by atoms with Crippen LogP contribution < -0.4 is 9.47 Å². The highest BCUT2D eigenvalue weighted by Crippen LogP contribution is 2.20. The molecule has 130 valence electrons. The van der Waals surface area contributed by atoms with E-state index in [0.29, 0.717) is 23.6 Å². The number of hydrogen-bond donors (Lipinski definition) is 1. The Bertz CT molecular complexity index is 775. The maximum absolute atomic E-state index is 10.9. The number of hydrogen-bond acceptors (Lipinski definition) is 6. The number of benzene rings is 1. The summed E-state index contributed by atoms with van der Waals surface area (Å²) in [6.07, 6.45) is 1.53. The van der Waals surface area contributed by atoms with Crippen LogP contribution in [0.5, 0.6) is 11.5 Å². The summed E-state index contributed by atoms with van der Waals surface area (Å²) in [6, 6.07) is 9.19. The monoisotopic (exact) mass is 341 g/mol. The summed E-state index contributed by atoms with van der Waals surface area (Å²) < 4.78 is 15.8. The molecule has 0 aliphatic rings. The van der Waals surface area contributed by atoms with Gasteiger partial charge in [-0.15, -0.1) is 0 Å². The first-order valence-corrected chi connectivity index (χ1v) is 7.60. The molecule has 0 saturated carbocycles. The van der Waals surface area contributed by atoms with Crippen LogP contribution in [0.2, 0.25) is 0 Å². The van der Waals surface area contributed by atoms with Gasteiger partial charge in [0.25, 0.3) is 0 Å². The molecule has 0 amide bonds. The van der Waals surface area contributed by atoms with E-state index in [2.05, 4.69) is 16.8 Å². The van der Waals surface area contributed by atoms with Crippen molar-refractivity contribution in [1.29, 1.82) is 0 Å². The second-order valence-electron chi connectivity index (χ2n) is 5.05. The van der Waals surface area contributed by atoms with Gasteiger partial charge in [-0.2, -0.15) is 0 Å². The summed E-state index contributed by atoms with van der Waals surface area (Å²) in [7, 11) is 1.61. The van der Waals surface area contributed by atoms with Crippen molar-refractivity contribution in [3.63, 3.8) is 0 Å². The van der Waals surface area contributed by atoms with Crippen LogP contribution in [-0.4, -0.2) is 29.8 Å². The average Bonchev–Trinajstić information content (AvgIpc) is 2.64. The predicted molar refractivity (Wildman–Crippen MR) is 91.0 cm³/mol. The molecule has 0 unspecified atom stereocenters. The van der Waals surface area contributed by atoms with Gasteiger partial charge in [-0.05, 0) is 23.8 Å². The highest BCUT2D eigenvalue weighted by atomic mass is 16.5. The highest BCUT2D eigenvalue weighted by Gasteiger charge is 2.07. The van der Waals surface area contributed by atoms with Crippen LogP contribution in [0, 0.1) is 11.8 Å². The number of rotatable bonds is 6. The van der Waals surface area contributed by atoms with Crippen LogP contribution in [0.25, 0.3) is 0 Å². The fourth-order valence-electron chi connectivity index (χ4n) is 1.97. The maximum atomic E-state index is 10.9. The lowest BCUT2D eigenvalue weighted by Crippen LogP contribution is -2.03. The van der Waals surface area contributed by atoms with Crippen molar-refractivity contribution >= 4 is 5.97 Å². The Hall–Kier alpha value is -3.04. The number of pyridine rings is 1. The normalized spacial score (nSPS) is 9.72. The Morgan fingerprint density at radius 3 is 2.64 bits per heavy atom. The standard InChI is InChI=1S/C19H19NO5/c1-14(22)24-13-17-10-16(4-3-9-21)19(11-20-17)25-12-15-5-7-18(23-2)8-6-15/h5-8,10-11,21H,9,12-13H2,1-2H3. The third-order valence-electron chi connectivity index (χ3n) is 3.20. The van der Waals surface area contributed by atoms with Gasteiger partial charge in [-0.1, -0.05) is 24.0 Å². The van der Waals surface area contributed by atoms with E-state index in [1.165, 1.54) is 13.1 Å². The third-order valence-corrected chi connectivity index (χ3v) is 3.20. The molecule has 0 aliphatic heterocycles. The largest absolute Gasteiger partial charge is 0.497 e. The van der Waals surface area contributed by atoms with Crippen LogP contribution in [0.15, 0.2) is 36.5 Å². The lowest BCUT2D eigenvalue weighted by molar-refractivity contribution is -0.142. The summed E-state index contributed by atoms with van der Waals surface area (Å²) in [4.78, 5) is 15.1.